The molecule has 0 aliphatic carbocycles. The van der Waals surface area contributed by atoms with Crippen LogP contribution in [0.25, 0.3) is 5.76 Å². The van der Waals surface area contributed by atoms with Crippen LogP contribution in [0.15, 0.2) is 66.8 Å². The van der Waals surface area contributed by atoms with Gasteiger partial charge in [0.05, 0.1) is 31.4 Å². The van der Waals surface area contributed by atoms with Crippen LogP contribution in [-0.4, -0.2) is 79.2 Å². The highest BCUT2D eigenvalue weighted by Crippen LogP contribution is 2.40. The largest absolute Gasteiger partial charge is 0.507 e. The second-order valence-corrected chi connectivity index (χ2v) is 8.93. The summed E-state index contributed by atoms with van der Waals surface area (Å²) in [5.41, 5.74) is 1.21. The summed E-state index contributed by atoms with van der Waals surface area (Å²) in [6.07, 6.45) is 2.34. The number of aliphatic hydroxyl groups excluding tert-OH is 1. The Morgan fingerprint density at radius 3 is 2.54 bits per heavy atom. The average Bonchev–Trinajstić information content (AvgIpc) is 3.18. The maximum atomic E-state index is 13.3. The molecule has 1 amide bonds. The molecular formula is C29H34N2O6. The first-order valence-electron chi connectivity index (χ1n) is 12.7. The second kappa shape index (κ2) is 12.6. The molecule has 1 N–H and O–H groups in total. The van der Waals surface area contributed by atoms with Gasteiger partial charge in [0.1, 0.15) is 23.9 Å². The van der Waals surface area contributed by atoms with E-state index < -0.39 is 17.7 Å². The summed E-state index contributed by atoms with van der Waals surface area (Å²) < 4.78 is 16.6. The van der Waals surface area contributed by atoms with Gasteiger partial charge in [-0.15, -0.1) is 0 Å². The number of amides is 1. The first-order chi connectivity index (χ1) is 18.0. The van der Waals surface area contributed by atoms with Crippen LogP contribution >= 0.6 is 0 Å². The van der Waals surface area contributed by atoms with Crippen molar-refractivity contribution in [3.8, 4) is 11.5 Å². The minimum absolute atomic E-state index is 0.0707. The smallest absolute Gasteiger partial charge is 0.295 e. The van der Waals surface area contributed by atoms with Gasteiger partial charge in [0, 0.05) is 31.7 Å². The van der Waals surface area contributed by atoms with Gasteiger partial charge in [-0.3, -0.25) is 14.5 Å². The highest BCUT2D eigenvalue weighted by atomic mass is 16.5. The van der Waals surface area contributed by atoms with Crippen LogP contribution in [0.1, 0.15) is 30.5 Å². The number of ketones is 1. The molecule has 2 aliphatic rings. The van der Waals surface area contributed by atoms with Crippen LogP contribution in [0.3, 0.4) is 0 Å². The Labute approximate surface area is 217 Å². The van der Waals surface area contributed by atoms with E-state index in [1.54, 1.807) is 41.3 Å². The third-order valence-corrected chi connectivity index (χ3v) is 6.50. The first-order valence-corrected chi connectivity index (χ1v) is 12.7. The van der Waals surface area contributed by atoms with Crippen LogP contribution in [0.4, 0.5) is 0 Å². The molecule has 0 saturated carbocycles. The van der Waals surface area contributed by atoms with Crippen LogP contribution in [0.5, 0.6) is 11.5 Å². The normalized spacial score (nSPS) is 19.7. The molecule has 2 aliphatic heterocycles. The van der Waals surface area contributed by atoms with E-state index in [1.807, 2.05) is 25.1 Å². The van der Waals surface area contributed by atoms with E-state index in [4.69, 9.17) is 14.2 Å². The van der Waals surface area contributed by atoms with Crippen molar-refractivity contribution in [3.63, 3.8) is 0 Å². The topological polar surface area (TPSA) is 88.5 Å². The molecule has 1 atom stereocenters. The van der Waals surface area contributed by atoms with Crippen LogP contribution < -0.4 is 9.47 Å². The zero-order valence-electron chi connectivity index (χ0n) is 21.2. The van der Waals surface area contributed by atoms with E-state index >= 15 is 0 Å². The monoisotopic (exact) mass is 506 g/mol. The van der Waals surface area contributed by atoms with Crippen molar-refractivity contribution in [2.45, 2.75) is 19.4 Å². The fourth-order valence-corrected chi connectivity index (χ4v) is 4.71. The molecule has 0 spiro atoms. The van der Waals surface area contributed by atoms with Crippen molar-refractivity contribution in [2.75, 3.05) is 52.6 Å². The molecule has 196 valence electrons. The summed E-state index contributed by atoms with van der Waals surface area (Å²) in [4.78, 5) is 30.4. The third kappa shape index (κ3) is 6.21. The summed E-state index contributed by atoms with van der Waals surface area (Å²) in [5.74, 6) is -0.264. The quantitative estimate of drug-likeness (QED) is 0.215. The van der Waals surface area contributed by atoms with Gasteiger partial charge in [-0.25, -0.2) is 0 Å². The van der Waals surface area contributed by atoms with E-state index in [0.29, 0.717) is 62.0 Å². The Morgan fingerprint density at radius 2 is 1.84 bits per heavy atom. The van der Waals surface area contributed by atoms with E-state index in [-0.39, 0.29) is 11.3 Å². The lowest BCUT2D eigenvalue weighted by Crippen LogP contribution is -2.38. The fourth-order valence-electron chi connectivity index (χ4n) is 4.71. The molecule has 0 aromatic heterocycles. The van der Waals surface area contributed by atoms with Crippen molar-refractivity contribution in [1.82, 2.24) is 9.80 Å². The van der Waals surface area contributed by atoms with E-state index in [1.165, 1.54) is 0 Å². The molecule has 0 bridgehead atoms. The first kappa shape index (κ1) is 26.4. The Kier molecular flexibility index (Phi) is 8.98. The summed E-state index contributed by atoms with van der Waals surface area (Å²) in [6.45, 7) is 10.7. The number of Topliss-reactive ketones (excluding diaryl/α,β-unsaturated/α-hetero) is 1. The van der Waals surface area contributed by atoms with Crippen molar-refractivity contribution in [2.24, 2.45) is 0 Å². The average molecular weight is 507 g/mol. The van der Waals surface area contributed by atoms with Crippen molar-refractivity contribution < 1.29 is 28.9 Å². The molecule has 2 aromatic rings. The number of nitrogens with zero attached hydrogens (tertiary/aromatic N) is 2. The van der Waals surface area contributed by atoms with Crippen LogP contribution in [0, 0.1) is 0 Å². The third-order valence-electron chi connectivity index (χ3n) is 6.50. The zero-order valence-corrected chi connectivity index (χ0v) is 21.2. The van der Waals surface area contributed by atoms with Gasteiger partial charge < -0.3 is 24.2 Å². The molecule has 2 saturated heterocycles. The maximum absolute atomic E-state index is 13.3. The Bertz CT molecular complexity index is 1140. The van der Waals surface area contributed by atoms with Crippen molar-refractivity contribution in [1.29, 1.82) is 0 Å². The number of hydrogen-bond acceptors (Lipinski definition) is 7. The minimum atomic E-state index is -0.733. The predicted octanol–water partition coefficient (Wildman–Crippen LogP) is 3.79. The maximum Gasteiger partial charge on any atom is 0.295 e. The summed E-state index contributed by atoms with van der Waals surface area (Å²) in [6, 6.07) is 13.4. The predicted molar refractivity (Wildman–Crippen MR) is 141 cm³/mol. The molecule has 8 nitrogen and oxygen atoms in total. The zero-order chi connectivity index (χ0) is 26.2. The molecule has 2 fully saturated rings. The number of aliphatic hydroxyl groups is 1. The number of ether oxygens (including phenoxy) is 3. The lowest BCUT2D eigenvalue weighted by atomic mass is 9.95. The Balaban J connectivity index is 1.67. The summed E-state index contributed by atoms with van der Waals surface area (Å²) in [7, 11) is 0. The highest BCUT2D eigenvalue weighted by Gasteiger charge is 2.46. The number of carbonyl (C=O) groups excluding carboxylic acids is 2. The van der Waals surface area contributed by atoms with Crippen LogP contribution in [-0.2, 0) is 14.3 Å². The van der Waals surface area contributed by atoms with Crippen LogP contribution in [0.2, 0.25) is 0 Å². The van der Waals surface area contributed by atoms with Gasteiger partial charge in [-0.2, -0.15) is 0 Å². The molecule has 2 heterocycles. The Morgan fingerprint density at radius 1 is 1.08 bits per heavy atom. The van der Waals surface area contributed by atoms with E-state index in [9.17, 15) is 14.7 Å². The molecule has 4 rings (SSSR count). The molecule has 37 heavy (non-hydrogen) atoms. The van der Waals surface area contributed by atoms with Gasteiger partial charge in [0.2, 0.25) is 0 Å². The number of hydrogen-bond donors (Lipinski definition) is 1. The standard InChI is InChI=1S/C29H34N2O6/c1-3-17-37-24-8-5-7-22(20-24)26-25(27(32)21-9-11-23(12-10-21)36-4-2)28(33)29(34)31(26)14-6-13-30-15-18-35-19-16-30/h3,5,7-12,20,26,32H,1,4,6,13-19H2,2H3/t26-/m1/s1. The van der Waals surface area contributed by atoms with Gasteiger partial charge >= 0.3 is 0 Å². The van der Waals surface area contributed by atoms with Crippen molar-refractivity contribution in [3.05, 3.63) is 77.9 Å². The van der Waals surface area contributed by atoms with E-state index in [2.05, 4.69) is 11.5 Å². The molecule has 0 radical (unpaired) electrons. The highest BCUT2D eigenvalue weighted by molar-refractivity contribution is 6.46. The number of morpholine rings is 1. The lowest BCUT2D eigenvalue weighted by molar-refractivity contribution is -0.140. The van der Waals surface area contributed by atoms with Gasteiger partial charge in [-0.05, 0) is 55.3 Å². The molecular weight excluding hydrogens is 472 g/mol. The van der Waals surface area contributed by atoms with Gasteiger partial charge in [-0.1, -0.05) is 24.8 Å². The molecule has 8 heteroatoms. The molecule has 0 unspecified atom stereocenters. The van der Waals surface area contributed by atoms with Crippen molar-refractivity contribution >= 4 is 17.4 Å². The Hall–Kier alpha value is -3.62. The van der Waals surface area contributed by atoms with Gasteiger partial charge in [0.15, 0.2) is 0 Å². The number of benzene rings is 2. The van der Waals surface area contributed by atoms with Gasteiger partial charge in [0.25, 0.3) is 11.7 Å². The lowest BCUT2D eigenvalue weighted by Gasteiger charge is -2.29. The molecule has 2 aromatic carbocycles. The second-order valence-electron chi connectivity index (χ2n) is 8.93. The SMILES string of the molecule is C=CCOc1cccc([C@@H]2C(=C(O)c3ccc(OCC)cc3)C(=O)C(=O)N2CCCN2CCOCC2)c1. The fraction of sp³-hybridized carbons (Fsp3) is 0.379. The number of rotatable bonds is 11. The minimum Gasteiger partial charge on any atom is -0.507 e. The van der Waals surface area contributed by atoms with E-state index in [0.717, 1.165) is 19.6 Å². The summed E-state index contributed by atoms with van der Waals surface area (Å²) in [5, 5.41) is 11.3. The number of likely N-dealkylation sites (tertiary alicyclic amines) is 1. The summed E-state index contributed by atoms with van der Waals surface area (Å²) >= 11 is 0. The number of carbonyl (C=O) groups is 2.